The fourth-order valence-electron chi connectivity index (χ4n) is 3.38. The number of aromatic nitrogens is 1. The second-order valence-electron chi connectivity index (χ2n) is 6.99. The summed E-state index contributed by atoms with van der Waals surface area (Å²) in [6, 6.07) is 14.0. The molecule has 4 rings (SSSR count). The molecular formula is C22H21N3O4. The van der Waals surface area contributed by atoms with Crippen molar-refractivity contribution in [2.24, 2.45) is 0 Å². The normalized spacial score (nSPS) is 14.0. The molecule has 0 spiro atoms. The molecule has 3 aromatic rings. The van der Waals surface area contributed by atoms with Crippen LogP contribution in [0.1, 0.15) is 26.3 Å². The number of ether oxygens (including phenoxy) is 1. The number of morpholine rings is 1. The molecule has 0 saturated carbocycles. The highest BCUT2D eigenvalue weighted by molar-refractivity contribution is 6.06. The van der Waals surface area contributed by atoms with Crippen LogP contribution in [-0.4, -0.2) is 48.0 Å². The van der Waals surface area contributed by atoms with E-state index >= 15 is 0 Å². The molecule has 2 amide bonds. The van der Waals surface area contributed by atoms with Gasteiger partial charge in [0, 0.05) is 29.9 Å². The van der Waals surface area contributed by atoms with Crippen molar-refractivity contribution in [1.82, 2.24) is 9.88 Å². The molecule has 0 atom stereocenters. The molecule has 1 aliphatic rings. The monoisotopic (exact) mass is 391 g/mol. The summed E-state index contributed by atoms with van der Waals surface area (Å²) in [5.74, 6) is -0.615. The Bertz CT molecular complexity index is 1150. The highest BCUT2D eigenvalue weighted by atomic mass is 16.5. The lowest BCUT2D eigenvalue weighted by Gasteiger charge is -2.27. The number of hydrogen-bond acceptors (Lipinski definition) is 4. The highest BCUT2D eigenvalue weighted by Crippen LogP contribution is 2.19. The molecule has 1 fully saturated rings. The predicted octanol–water partition coefficient (Wildman–Crippen LogP) is 2.56. The second-order valence-corrected chi connectivity index (χ2v) is 6.99. The number of amides is 2. The largest absolute Gasteiger partial charge is 0.378 e. The smallest absolute Gasteiger partial charge is 0.261 e. The van der Waals surface area contributed by atoms with Crippen molar-refractivity contribution in [2.75, 3.05) is 31.6 Å². The summed E-state index contributed by atoms with van der Waals surface area (Å²) in [7, 11) is 0. The molecule has 1 aliphatic heterocycles. The molecule has 1 aromatic heterocycles. The number of aryl methyl sites for hydroxylation is 1. The van der Waals surface area contributed by atoms with Gasteiger partial charge in [0.2, 0.25) is 0 Å². The number of nitrogens with zero attached hydrogens (tertiary/aromatic N) is 1. The molecule has 0 radical (unpaired) electrons. The number of aromatic amines is 1. The first-order valence-electron chi connectivity index (χ1n) is 9.44. The number of nitrogens with one attached hydrogen (secondary N) is 2. The summed E-state index contributed by atoms with van der Waals surface area (Å²) >= 11 is 0. The zero-order valence-electron chi connectivity index (χ0n) is 16.0. The van der Waals surface area contributed by atoms with Gasteiger partial charge in [0.1, 0.15) is 5.56 Å². The SMILES string of the molecule is Cc1ccc(NC(=O)c2cc3ccccc3[nH]c2=O)cc1C(=O)N1CCOCC1. The van der Waals surface area contributed by atoms with Crippen LogP contribution in [0.3, 0.4) is 0 Å². The summed E-state index contributed by atoms with van der Waals surface area (Å²) in [6.45, 7) is 3.98. The van der Waals surface area contributed by atoms with E-state index < -0.39 is 11.5 Å². The summed E-state index contributed by atoms with van der Waals surface area (Å²) in [4.78, 5) is 42.3. The molecular weight excluding hydrogens is 370 g/mol. The molecule has 2 N–H and O–H groups in total. The molecule has 148 valence electrons. The van der Waals surface area contributed by atoms with Crippen LogP contribution >= 0.6 is 0 Å². The summed E-state index contributed by atoms with van der Waals surface area (Å²) in [6.07, 6.45) is 0. The second kappa shape index (κ2) is 7.89. The summed E-state index contributed by atoms with van der Waals surface area (Å²) in [5.41, 5.74) is 2.04. The Morgan fingerprint density at radius 3 is 2.59 bits per heavy atom. The van der Waals surface area contributed by atoms with Crippen LogP contribution in [0.25, 0.3) is 10.9 Å². The maximum atomic E-state index is 12.8. The van der Waals surface area contributed by atoms with E-state index in [1.165, 1.54) is 0 Å². The van der Waals surface area contributed by atoms with Gasteiger partial charge in [-0.1, -0.05) is 24.3 Å². The topological polar surface area (TPSA) is 91.5 Å². The van der Waals surface area contributed by atoms with E-state index in [9.17, 15) is 14.4 Å². The Morgan fingerprint density at radius 1 is 1.03 bits per heavy atom. The van der Waals surface area contributed by atoms with Gasteiger partial charge >= 0.3 is 0 Å². The first-order chi connectivity index (χ1) is 14.0. The lowest BCUT2D eigenvalue weighted by atomic mass is 10.1. The minimum Gasteiger partial charge on any atom is -0.378 e. The molecule has 7 nitrogen and oxygen atoms in total. The van der Waals surface area contributed by atoms with E-state index in [-0.39, 0.29) is 11.5 Å². The van der Waals surface area contributed by atoms with Gasteiger partial charge in [0.15, 0.2) is 0 Å². The van der Waals surface area contributed by atoms with E-state index in [1.54, 1.807) is 35.2 Å². The molecule has 7 heteroatoms. The third-order valence-electron chi connectivity index (χ3n) is 5.02. The number of benzene rings is 2. The Balaban J connectivity index is 1.59. The molecule has 0 bridgehead atoms. The van der Waals surface area contributed by atoms with E-state index in [4.69, 9.17) is 4.74 Å². The van der Waals surface area contributed by atoms with Gasteiger partial charge in [0.05, 0.1) is 13.2 Å². The first-order valence-corrected chi connectivity index (χ1v) is 9.44. The fraction of sp³-hybridized carbons (Fsp3) is 0.227. The van der Waals surface area contributed by atoms with E-state index in [0.29, 0.717) is 43.1 Å². The third kappa shape index (κ3) is 3.90. The Morgan fingerprint density at radius 2 is 1.79 bits per heavy atom. The van der Waals surface area contributed by atoms with Crippen molar-refractivity contribution >= 4 is 28.4 Å². The van der Waals surface area contributed by atoms with Crippen LogP contribution in [0.15, 0.2) is 53.3 Å². The number of fused-ring (bicyclic) bond motifs is 1. The molecule has 0 aliphatic carbocycles. The van der Waals surface area contributed by atoms with Crippen LogP contribution in [0.5, 0.6) is 0 Å². The summed E-state index contributed by atoms with van der Waals surface area (Å²) < 4.78 is 5.30. The third-order valence-corrected chi connectivity index (χ3v) is 5.02. The van der Waals surface area contributed by atoms with Crippen LogP contribution in [-0.2, 0) is 4.74 Å². The van der Waals surface area contributed by atoms with Crippen molar-refractivity contribution < 1.29 is 14.3 Å². The number of para-hydroxylation sites is 1. The lowest BCUT2D eigenvalue weighted by Crippen LogP contribution is -2.41. The zero-order chi connectivity index (χ0) is 20.4. The number of carbonyl (C=O) groups is 2. The van der Waals surface area contributed by atoms with Crippen LogP contribution < -0.4 is 10.9 Å². The van der Waals surface area contributed by atoms with Gasteiger partial charge in [-0.3, -0.25) is 14.4 Å². The van der Waals surface area contributed by atoms with Crippen LogP contribution in [0.2, 0.25) is 0 Å². The maximum absolute atomic E-state index is 12.8. The maximum Gasteiger partial charge on any atom is 0.261 e. The number of rotatable bonds is 3. The molecule has 2 aromatic carbocycles. The van der Waals surface area contributed by atoms with Crippen molar-refractivity contribution in [3.05, 3.63) is 75.6 Å². The van der Waals surface area contributed by atoms with Crippen molar-refractivity contribution in [2.45, 2.75) is 6.92 Å². The van der Waals surface area contributed by atoms with Gasteiger partial charge in [-0.15, -0.1) is 0 Å². The fourth-order valence-corrected chi connectivity index (χ4v) is 3.38. The van der Waals surface area contributed by atoms with Crippen molar-refractivity contribution in [3.63, 3.8) is 0 Å². The van der Waals surface area contributed by atoms with Crippen LogP contribution in [0, 0.1) is 6.92 Å². The molecule has 1 saturated heterocycles. The standard InChI is InChI=1S/C22H21N3O4/c1-14-6-7-16(13-17(14)22(28)25-8-10-29-11-9-25)23-20(26)18-12-15-4-2-3-5-19(15)24-21(18)27/h2-7,12-13H,8-11H2,1H3,(H,23,26)(H,24,27). The first kappa shape index (κ1) is 18.9. The average molecular weight is 391 g/mol. The number of pyridine rings is 1. The highest BCUT2D eigenvalue weighted by Gasteiger charge is 2.21. The predicted molar refractivity (Wildman–Crippen MR) is 110 cm³/mol. The van der Waals surface area contributed by atoms with E-state index in [0.717, 1.165) is 10.9 Å². The number of hydrogen-bond donors (Lipinski definition) is 2. The summed E-state index contributed by atoms with van der Waals surface area (Å²) in [5, 5.41) is 3.50. The van der Waals surface area contributed by atoms with Crippen molar-refractivity contribution in [1.29, 1.82) is 0 Å². The molecule has 29 heavy (non-hydrogen) atoms. The van der Waals surface area contributed by atoms with Gasteiger partial charge in [-0.05, 0) is 42.1 Å². The lowest BCUT2D eigenvalue weighted by molar-refractivity contribution is 0.0302. The zero-order valence-corrected chi connectivity index (χ0v) is 16.0. The van der Waals surface area contributed by atoms with Crippen LogP contribution in [0.4, 0.5) is 5.69 Å². The quantitative estimate of drug-likeness (QED) is 0.718. The van der Waals surface area contributed by atoms with Gasteiger partial charge in [-0.25, -0.2) is 0 Å². The minimum atomic E-state index is -0.523. The molecule has 0 unspecified atom stereocenters. The average Bonchev–Trinajstić information content (AvgIpc) is 2.74. The Kier molecular flexibility index (Phi) is 5.14. The van der Waals surface area contributed by atoms with Gasteiger partial charge in [-0.2, -0.15) is 0 Å². The van der Waals surface area contributed by atoms with E-state index in [2.05, 4.69) is 10.3 Å². The van der Waals surface area contributed by atoms with Gasteiger partial charge < -0.3 is 19.9 Å². The van der Waals surface area contributed by atoms with Gasteiger partial charge in [0.25, 0.3) is 17.4 Å². The number of carbonyl (C=O) groups excluding carboxylic acids is 2. The Hall–Kier alpha value is -3.45. The van der Waals surface area contributed by atoms with Crippen molar-refractivity contribution in [3.8, 4) is 0 Å². The minimum absolute atomic E-state index is 0.0188. The number of H-pyrrole nitrogens is 1. The Labute approximate surface area is 167 Å². The number of anilines is 1. The molecule has 2 heterocycles. The van der Waals surface area contributed by atoms with E-state index in [1.807, 2.05) is 25.1 Å².